The highest BCUT2D eigenvalue weighted by Crippen LogP contribution is 2.29. The Morgan fingerprint density at radius 3 is 2.50 bits per heavy atom. The summed E-state index contributed by atoms with van der Waals surface area (Å²) in [5.41, 5.74) is 0.455. The number of sulfonamides is 1. The Hall–Kier alpha value is -2.23. The maximum atomic E-state index is 13.1. The lowest BCUT2D eigenvalue weighted by molar-refractivity contribution is -0.144. The number of ether oxygens (including phenoxy) is 2. The van der Waals surface area contributed by atoms with E-state index in [0.29, 0.717) is 16.2 Å². The molecule has 1 aliphatic heterocycles. The van der Waals surface area contributed by atoms with Gasteiger partial charge in [-0.25, -0.2) is 8.42 Å². The largest absolute Gasteiger partial charge is 0.497 e. The van der Waals surface area contributed by atoms with Crippen LogP contribution in [0.25, 0.3) is 0 Å². The predicted molar refractivity (Wildman–Crippen MR) is 95.0 cm³/mol. The van der Waals surface area contributed by atoms with E-state index < -0.39 is 28.6 Å². The molecular formula is C17H17NO6S2. The highest BCUT2D eigenvalue weighted by molar-refractivity contribution is 7.89. The molecule has 2 heterocycles. The van der Waals surface area contributed by atoms with Gasteiger partial charge in [-0.05, 0) is 35.7 Å². The average molecular weight is 395 g/mol. The second-order valence-corrected chi connectivity index (χ2v) is 8.54. The van der Waals surface area contributed by atoms with Crippen molar-refractivity contribution < 1.29 is 27.5 Å². The maximum absolute atomic E-state index is 13.1. The fourth-order valence-corrected chi connectivity index (χ4v) is 5.30. The van der Waals surface area contributed by atoms with Crippen molar-refractivity contribution in [2.45, 2.75) is 17.4 Å². The summed E-state index contributed by atoms with van der Waals surface area (Å²) in [7, 11) is -1.41. The number of methoxy groups -OCH3 is 2. The van der Waals surface area contributed by atoms with Gasteiger partial charge >= 0.3 is 5.97 Å². The van der Waals surface area contributed by atoms with E-state index in [0.717, 1.165) is 4.31 Å². The monoisotopic (exact) mass is 395 g/mol. The summed E-state index contributed by atoms with van der Waals surface area (Å²) in [4.78, 5) is 25.5. The fraction of sp³-hybridized carbons (Fsp3) is 0.294. The van der Waals surface area contributed by atoms with Crippen molar-refractivity contribution in [3.63, 3.8) is 0 Å². The Balaban J connectivity index is 2.05. The lowest BCUT2D eigenvalue weighted by Crippen LogP contribution is -2.47. The first-order valence-corrected chi connectivity index (χ1v) is 10.0. The Morgan fingerprint density at radius 1 is 1.19 bits per heavy atom. The van der Waals surface area contributed by atoms with Crippen LogP contribution >= 0.6 is 11.3 Å². The molecule has 1 aliphatic rings. The van der Waals surface area contributed by atoms with E-state index in [1.54, 1.807) is 11.4 Å². The summed E-state index contributed by atoms with van der Waals surface area (Å²) in [5.74, 6) is -0.538. The summed E-state index contributed by atoms with van der Waals surface area (Å²) < 4.78 is 37.0. The fourth-order valence-electron chi connectivity index (χ4n) is 2.83. The number of thiophene rings is 1. The Bertz CT molecular complexity index is 932. The summed E-state index contributed by atoms with van der Waals surface area (Å²) in [6.07, 6.45) is 0.0980. The Morgan fingerprint density at radius 2 is 1.88 bits per heavy atom. The first kappa shape index (κ1) is 18.6. The van der Waals surface area contributed by atoms with Crippen LogP contribution in [0.3, 0.4) is 0 Å². The van der Waals surface area contributed by atoms with Crippen LogP contribution in [-0.2, 0) is 26.0 Å². The number of rotatable bonds is 4. The molecule has 0 saturated heterocycles. The number of ketones is 1. The van der Waals surface area contributed by atoms with Crippen LogP contribution in [0.2, 0.25) is 0 Å². The third-order valence-corrected chi connectivity index (χ3v) is 7.02. The van der Waals surface area contributed by atoms with E-state index >= 15 is 0 Å². The van der Waals surface area contributed by atoms with Crippen molar-refractivity contribution in [2.24, 2.45) is 0 Å². The van der Waals surface area contributed by atoms with Gasteiger partial charge in [0.15, 0.2) is 5.78 Å². The molecule has 2 aromatic rings. The Kier molecular flexibility index (Phi) is 5.12. The topological polar surface area (TPSA) is 90.0 Å². The second kappa shape index (κ2) is 7.18. The molecule has 0 radical (unpaired) electrons. The van der Waals surface area contributed by atoms with E-state index in [2.05, 4.69) is 0 Å². The number of hydrogen-bond acceptors (Lipinski definition) is 7. The lowest BCUT2D eigenvalue weighted by atomic mass is 10.1. The first-order valence-electron chi connectivity index (χ1n) is 7.71. The maximum Gasteiger partial charge on any atom is 0.324 e. The predicted octanol–water partition coefficient (Wildman–Crippen LogP) is 1.73. The number of carbonyl (C=O) groups excluding carboxylic acids is 2. The molecule has 0 bridgehead atoms. The number of Topliss-reactive ketones (excluding diaryl/α,β-unsaturated/α-hetero) is 1. The summed E-state index contributed by atoms with van der Waals surface area (Å²) >= 11 is 1.32. The third-order valence-electron chi connectivity index (χ3n) is 4.21. The molecule has 26 heavy (non-hydrogen) atoms. The van der Waals surface area contributed by atoms with Gasteiger partial charge in [0.1, 0.15) is 11.8 Å². The van der Waals surface area contributed by atoms with Crippen LogP contribution in [0.5, 0.6) is 5.75 Å². The van der Waals surface area contributed by atoms with Crippen LogP contribution in [0.15, 0.2) is 40.6 Å². The smallest absolute Gasteiger partial charge is 0.324 e. The molecule has 9 heteroatoms. The summed E-state index contributed by atoms with van der Waals surface area (Å²) in [6, 6.07) is 6.34. The van der Waals surface area contributed by atoms with E-state index in [1.165, 1.54) is 49.8 Å². The van der Waals surface area contributed by atoms with Crippen LogP contribution < -0.4 is 4.74 Å². The molecule has 1 aromatic heterocycles. The number of hydrogen-bond donors (Lipinski definition) is 0. The normalized spacial score (nSPS) is 18.1. The zero-order valence-electron chi connectivity index (χ0n) is 14.2. The number of esters is 1. The third kappa shape index (κ3) is 3.25. The molecule has 0 spiro atoms. The van der Waals surface area contributed by atoms with Gasteiger partial charge in [0.2, 0.25) is 10.0 Å². The summed E-state index contributed by atoms with van der Waals surface area (Å²) in [5, 5.41) is 1.75. The lowest BCUT2D eigenvalue weighted by Gasteiger charge is -2.26. The minimum Gasteiger partial charge on any atom is -0.497 e. The molecule has 7 nitrogen and oxygen atoms in total. The Labute approximate surface area is 155 Å². The molecule has 0 amide bonds. The first-order chi connectivity index (χ1) is 12.4. The van der Waals surface area contributed by atoms with Crippen molar-refractivity contribution in [1.82, 2.24) is 4.31 Å². The molecule has 1 atom stereocenters. The molecule has 0 N–H and O–H groups in total. The number of nitrogens with zero attached hydrogens (tertiary/aromatic N) is 1. The van der Waals surface area contributed by atoms with Gasteiger partial charge in [-0.3, -0.25) is 9.59 Å². The summed E-state index contributed by atoms with van der Waals surface area (Å²) in [6.45, 7) is -0.419. The molecule has 1 unspecified atom stereocenters. The average Bonchev–Trinajstić information content (AvgIpc) is 3.06. The zero-order chi connectivity index (χ0) is 18.9. The SMILES string of the molecule is COC(=O)C1Cc2sccc2C(=O)CN1S(=O)(=O)c1ccc(OC)cc1. The highest BCUT2D eigenvalue weighted by Gasteiger charge is 2.41. The molecule has 0 fully saturated rings. The minimum atomic E-state index is -4.08. The molecule has 0 saturated carbocycles. The van der Waals surface area contributed by atoms with E-state index in [4.69, 9.17) is 9.47 Å². The van der Waals surface area contributed by atoms with E-state index in [9.17, 15) is 18.0 Å². The van der Waals surface area contributed by atoms with Crippen molar-refractivity contribution in [3.8, 4) is 5.75 Å². The van der Waals surface area contributed by atoms with Crippen molar-refractivity contribution in [2.75, 3.05) is 20.8 Å². The van der Waals surface area contributed by atoms with Crippen molar-refractivity contribution >= 4 is 33.1 Å². The molecule has 0 aliphatic carbocycles. The van der Waals surface area contributed by atoms with Crippen LogP contribution in [0, 0.1) is 0 Å². The number of carbonyl (C=O) groups is 2. The van der Waals surface area contributed by atoms with Gasteiger partial charge in [-0.15, -0.1) is 11.3 Å². The van der Waals surface area contributed by atoms with Gasteiger partial charge in [-0.2, -0.15) is 4.31 Å². The van der Waals surface area contributed by atoms with Gasteiger partial charge in [0.25, 0.3) is 0 Å². The molecule has 138 valence electrons. The van der Waals surface area contributed by atoms with Crippen LogP contribution in [0.1, 0.15) is 15.2 Å². The number of benzene rings is 1. The molecule has 1 aromatic carbocycles. The van der Waals surface area contributed by atoms with E-state index in [-0.39, 0.29) is 17.1 Å². The van der Waals surface area contributed by atoms with Crippen molar-refractivity contribution in [3.05, 3.63) is 46.2 Å². The minimum absolute atomic E-state index is 0.0229. The molecule has 3 rings (SSSR count). The standard InChI is InChI=1S/C17H17NO6S2/c1-23-11-3-5-12(6-4-11)26(21,22)18-10-15(19)13-7-8-25-16(13)9-14(18)17(20)24-2/h3-8,14H,9-10H2,1-2H3. The second-order valence-electron chi connectivity index (χ2n) is 5.65. The van der Waals surface area contributed by atoms with Gasteiger partial charge < -0.3 is 9.47 Å². The van der Waals surface area contributed by atoms with Crippen LogP contribution in [-0.4, -0.2) is 51.3 Å². The van der Waals surface area contributed by atoms with Gasteiger partial charge in [0, 0.05) is 16.9 Å². The van der Waals surface area contributed by atoms with Gasteiger partial charge in [-0.1, -0.05) is 0 Å². The van der Waals surface area contributed by atoms with Crippen molar-refractivity contribution in [1.29, 1.82) is 0 Å². The number of fused-ring (bicyclic) bond motifs is 1. The highest BCUT2D eigenvalue weighted by atomic mass is 32.2. The quantitative estimate of drug-likeness (QED) is 0.733. The van der Waals surface area contributed by atoms with Crippen LogP contribution in [0.4, 0.5) is 0 Å². The molecular weight excluding hydrogens is 378 g/mol. The van der Waals surface area contributed by atoms with Gasteiger partial charge in [0.05, 0.1) is 25.7 Å². The van der Waals surface area contributed by atoms with E-state index in [1.807, 2.05) is 0 Å². The zero-order valence-corrected chi connectivity index (χ0v) is 15.8.